The lowest BCUT2D eigenvalue weighted by atomic mass is 10.0. The number of aliphatic hydroxyl groups is 1. The number of hydrogen-bond donors (Lipinski definition) is 1. The molecule has 0 radical (unpaired) electrons. The van der Waals surface area contributed by atoms with Gasteiger partial charge < -0.3 is 10.0 Å². The fourth-order valence-corrected chi connectivity index (χ4v) is 2.52. The second kappa shape index (κ2) is 5.41. The van der Waals surface area contributed by atoms with E-state index >= 15 is 0 Å². The van der Waals surface area contributed by atoms with Gasteiger partial charge in [0.2, 0.25) is 5.91 Å². The predicted molar refractivity (Wildman–Crippen MR) is 68.6 cm³/mol. The molecule has 1 aliphatic heterocycles. The van der Waals surface area contributed by atoms with Crippen molar-refractivity contribution in [3.05, 3.63) is 0 Å². The number of rotatable bonds is 3. The molecular weight excluding hydrogens is 222 g/mol. The van der Waals surface area contributed by atoms with Gasteiger partial charge in [0, 0.05) is 23.8 Å². The SMILES string of the molecule is CC(O)C1CCN(C(=O)CSC(C)(C)C)C1. The summed E-state index contributed by atoms with van der Waals surface area (Å²) in [6.45, 7) is 9.69. The fraction of sp³-hybridized carbons (Fsp3) is 0.917. The first-order valence-corrected chi connectivity index (χ1v) is 6.88. The lowest BCUT2D eigenvalue weighted by molar-refractivity contribution is -0.127. The third kappa shape index (κ3) is 4.34. The molecule has 0 spiro atoms. The smallest absolute Gasteiger partial charge is 0.232 e. The van der Waals surface area contributed by atoms with Gasteiger partial charge in [-0.05, 0) is 13.3 Å². The molecule has 1 amide bonds. The maximum atomic E-state index is 11.9. The van der Waals surface area contributed by atoms with Crippen LogP contribution in [0.1, 0.15) is 34.1 Å². The number of carbonyl (C=O) groups is 1. The highest BCUT2D eigenvalue weighted by atomic mass is 32.2. The highest BCUT2D eigenvalue weighted by molar-refractivity contribution is 8.01. The number of likely N-dealkylation sites (tertiary alicyclic amines) is 1. The maximum absolute atomic E-state index is 11.9. The standard InChI is InChI=1S/C12H23NO2S/c1-9(14)10-5-6-13(7-10)11(15)8-16-12(2,3)4/h9-10,14H,5-8H2,1-4H3. The minimum atomic E-state index is -0.298. The van der Waals surface area contributed by atoms with E-state index in [4.69, 9.17) is 0 Å². The van der Waals surface area contributed by atoms with Crippen LogP contribution in [-0.2, 0) is 4.79 Å². The van der Waals surface area contributed by atoms with E-state index in [1.165, 1.54) is 0 Å². The van der Waals surface area contributed by atoms with Crippen molar-refractivity contribution in [2.75, 3.05) is 18.8 Å². The summed E-state index contributed by atoms with van der Waals surface area (Å²) in [5.41, 5.74) is 0. The van der Waals surface area contributed by atoms with Gasteiger partial charge in [0.1, 0.15) is 0 Å². The summed E-state index contributed by atoms with van der Waals surface area (Å²) in [6.07, 6.45) is 0.636. The van der Waals surface area contributed by atoms with E-state index in [0.29, 0.717) is 5.75 Å². The van der Waals surface area contributed by atoms with Gasteiger partial charge in [0.15, 0.2) is 0 Å². The third-order valence-corrected chi connectivity index (χ3v) is 4.15. The molecule has 0 saturated carbocycles. The van der Waals surface area contributed by atoms with Crippen LogP contribution in [0.5, 0.6) is 0 Å². The van der Waals surface area contributed by atoms with Gasteiger partial charge in [-0.1, -0.05) is 20.8 Å². The van der Waals surface area contributed by atoms with Crippen LogP contribution in [0.15, 0.2) is 0 Å². The first-order chi connectivity index (χ1) is 7.29. The molecule has 2 atom stereocenters. The molecule has 0 bridgehead atoms. The maximum Gasteiger partial charge on any atom is 0.232 e. The average Bonchev–Trinajstić information content (AvgIpc) is 2.61. The molecule has 1 N–H and O–H groups in total. The second-order valence-electron chi connectivity index (χ2n) is 5.53. The largest absolute Gasteiger partial charge is 0.393 e. The first-order valence-electron chi connectivity index (χ1n) is 5.89. The Labute approximate surface area is 103 Å². The summed E-state index contributed by atoms with van der Waals surface area (Å²) in [7, 11) is 0. The molecule has 0 aliphatic carbocycles. The van der Waals surface area contributed by atoms with E-state index in [9.17, 15) is 9.90 Å². The Hall–Kier alpha value is -0.220. The van der Waals surface area contributed by atoms with Crippen LogP contribution < -0.4 is 0 Å². The molecule has 4 heteroatoms. The Morgan fingerprint density at radius 1 is 1.56 bits per heavy atom. The van der Waals surface area contributed by atoms with Crippen molar-refractivity contribution >= 4 is 17.7 Å². The number of nitrogens with zero attached hydrogens (tertiary/aromatic N) is 1. The lowest BCUT2D eigenvalue weighted by Gasteiger charge is -2.21. The Morgan fingerprint density at radius 3 is 2.62 bits per heavy atom. The van der Waals surface area contributed by atoms with E-state index in [-0.39, 0.29) is 22.7 Å². The zero-order valence-electron chi connectivity index (χ0n) is 10.7. The Morgan fingerprint density at radius 2 is 2.19 bits per heavy atom. The highest BCUT2D eigenvalue weighted by Gasteiger charge is 2.29. The van der Waals surface area contributed by atoms with E-state index in [0.717, 1.165) is 19.5 Å². The fourth-order valence-electron chi connectivity index (χ4n) is 1.78. The summed E-state index contributed by atoms with van der Waals surface area (Å²) in [4.78, 5) is 13.8. The second-order valence-corrected chi connectivity index (χ2v) is 7.33. The summed E-state index contributed by atoms with van der Waals surface area (Å²) in [6, 6.07) is 0. The Bertz CT molecular complexity index is 248. The van der Waals surface area contributed by atoms with Crippen molar-refractivity contribution < 1.29 is 9.90 Å². The van der Waals surface area contributed by atoms with Crippen LogP contribution in [-0.4, -0.2) is 45.6 Å². The topological polar surface area (TPSA) is 40.5 Å². The van der Waals surface area contributed by atoms with Gasteiger partial charge in [0.05, 0.1) is 11.9 Å². The van der Waals surface area contributed by atoms with Crippen molar-refractivity contribution in [2.45, 2.75) is 45.0 Å². The molecular formula is C12H23NO2S. The van der Waals surface area contributed by atoms with Gasteiger partial charge in [-0.3, -0.25) is 4.79 Å². The van der Waals surface area contributed by atoms with Crippen LogP contribution in [0, 0.1) is 5.92 Å². The van der Waals surface area contributed by atoms with Crippen LogP contribution in [0.2, 0.25) is 0 Å². The number of carbonyl (C=O) groups excluding carboxylic acids is 1. The summed E-state index contributed by atoms with van der Waals surface area (Å²) < 4.78 is 0.138. The quantitative estimate of drug-likeness (QED) is 0.823. The van der Waals surface area contributed by atoms with Crippen LogP contribution in [0.3, 0.4) is 0 Å². The molecule has 1 saturated heterocycles. The normalized spacial score (nSPS) is 23.6. The molecule has 0 aromatic carbocycles. The minimum Gasteiger partial charge on any atom is -0.393 e. The molecule has 0 aromatic heterocycles. The Kier molecular flexibility index (Phi) is 4.68. The highest BCUT2D eigenvalue weighted by Crippen LogP contribution is 2.25. The average molecular weight is 245 g/mol. The van der Waals surface area contributed by atoms with E-state index in [2.05, 4.69) is 20.8 Å². The van der Waals surface area contributed by atoms with E-state index < -0.39 is 0 Å². The van der Waals surface area contributed by atoms with Crippen molar-refractivity contribution in [1.29, 1.82) is 0 Å². The molecule has 16 heavy (non-hydrogen) atoms. The molecule has 1 rings (SSSR count). The molecule has 3 nitrogen and oxygen atoms in total. The molecule has 1 fully saturated rings. The van der Waals surface area contributed by atoms with Crippen molar-refractivity contribution in [2.24, 2.45) is 5.92 Å². The van der Waals surface area contributed by atoms with Crippen LogP contribution in [0.4, 0.5) is 0 Å². The van der Waals surface area contributed by atoms with Gasteiger partial charge in [-0.15, -0.1) is 11.8 Å². The van der Waals surface area contributed by atoms with E-state index in [1.54, 1.807) is 11.8 Å². The number of hydrogen-bond acceptors (Lipinski definition) is 3. The number of aliphatic hydroxyl groups excluding tert-OH is 1. The van der Waals surface area contributed by atoms with Gasteiger partial charge in [0.25, 0.3) is 0 Å². The Balaban J connectivity index is 2.34. The molecule has 2 unspecified atom stereocenters. The molecule has 1 aliphatic rings. The number of thioether (sulfide) groups is 1. The molecule has 1 heterocycles. The van der Waals surface area contributed by atoms with Crippen LogP contribution in [0.25, 0.3) is 0 Å². The zero-order valence-corrected chi connectivity index (χ0v) is 11.5. The van der Waals surface area contributed by atoms with Crippen molar-refractivity contribution in [3.63, 3.8) is 0 Å². The van der Waals surface area contributed by atoms with Gasteiger partial charge in [-0.25, -0.2) is 0 Å². The molecule has 0 aromatic rings. The van der Waals surface area contributed by atoms with E-state index in [1.807, 2.05) is 11.8 Å². The summed E-state index contributed by atoms with van der Waals surface area (Å²) >= 11 is 1.68. The first kappa shape index (κ1) is 13.8. The summed E-state index contributed by atoms with van der Waals surface area (Å²) in [5.74, 6) is 1.03. The molecule has 94 valence electrons. The summed E-state index contributed by atoms with van der Waals surface area (Å²) in [5, 5.41) is 9.47. The van der Waals surface area contributed by atoms with Crippen LogP contribution >= 0.6 is 11.8 Å². The predicted octanol–water partition coefficient (Wildman–Crippen LogP) is 1.75. The minimum absolute atomic E-state index is 0.138. The van der Waals surface area contributed by atoms with Gasteiger partial charge in [-0.2, -0.15) is 0 Å². The monoisotopic (exact) mass is 245 g/mol. The van der Waals surface area contributed by atoms with Gasteiger partial charge >= 0.3 is 0 Å². The third-order valence-electron chi connectivity index (χ3n) is 2.89. The lowest BCUT2D eigenvalue weighted by Crippen LogP contribution is -2.32. The number of amides is 1. The zero-order chi connectivity index (χ0) is 12.3. The van der Waals surface area contributed by atoms with Crippen molar-refractivity contribution in [1.82, 2.24) is 4.90 Å². The van der Waals surface area contributed by atoms with Crippen molar-refractivity contribution in [3.8, 4) is 0 Å².